The molecule has 164 valence electrons. The standard InChI is InChI=1S/C24H31N5O2/c1-13(24(25)28-17-5-7-20-21(11-17)27-14(2)26-20)23(30)22-10-16-9-18(6-8-19(16)29-22)31-12-15-3-4-15/h6-8,10-11,14-17,26-27,29-30H,3-5,9,12H2,1-2H3,(H2,25,28). The molecule has 0 aromatic heterocycles. The van der Waals surface area contributed by atoms with Crippen LogP contribution in [-0.4, -0.2) is 29.8 Å². The summed E-state index contributed by atoms with van der Waals surface area (Å²) < 4.78 is 5.94. The number of allylic oxidation sites excluding steroid dienone is 4. The van der Waals surface area contributed by atoms with Crippen LogP contribution in [0.3, 0.4) is 0 Å². The Kier molecular flexibility index (Phi) is 5.04. The molecule has 5 rings (SSSR count). The summed E-state index contributed by atoms with van der Waals surface area (Å²) in [6.45, 7) is 4.70. The van der Waals surface area contributed by atoms with E-state index in [1.54, 1.807) is 0 Å². The highest BCUT2D eigenvalue weighted by molar-refractivity contribution is 5.97. The zero-order valence-electron chi connectivity index (χ0n) is 18.1. The number of hydrogen-bond acceptors (Lipinski definition) is 6. The predicted octanol–water partition coefficient (Wildman–Crippen LogP) is 2.96. The molecule has 2 fully saturated rings. The smallest absolute Gasteiger partial charge is 0.145 e. The third kappa shape index (κ3) is 4.22. The summed E-state index contributed by atoms with van der Waals surface area (Å²) in [7, 11) is 0. The Morgan fingerprint density at radius 2 is 2.03 bits per heavy atom. The van der Waals surface area contributed by atoms with Gasteiger partial charge in [0.05, 0.1) is 41.7 Å². The molecule has 0 aromatic carbocycles. The Morgan fingerprint density at radius 3 is 2.84 bits per heavy atom. The largest absolute Gasteiger partial charge is 0.505 e. The second-order valence-electron chi connectivity index (χ2n) is 9.02. The molecule has 31 heavy (non-hydrogen) atoms. The zero-order valence-corrected chi connectivity index (χ0v) is 18.1. The zero-order chi connectivity index (χ0) is 21.5. The lowest BCUT2D eigenvalue weighted by Crippen LogP contribution is -2.25. The number of aliphatic hydroxyl groups is 1. The molecule has 0 bridgehead atoms. The Bertz CT molecular complexity index is 993. The molecule has 5 aliphatic rings. The first-order valence-electron chi connectivity index (χ1n) is 11.2. The summed E-state index contributed by atoms with van der Waals surface area (Å²) in [4.78, 5) is 4.65. The van der Waals surface area contributed by atoms with Crippen LogP contribution < -0.4 is 21.7 Å². The van der Waals surface area contributed by atoms with Gasteiger partial charge in [-0.25, -0.2) is 0 Å². The number of fused-ring (bicyclic) bond motifs is 2. The summed E-state index contributed by atoms with van der Waals surface area (Å²) >= 11 is 0. The minimum atomic E-state index is -0.0488. The molecule has 3 atom stereocenters. The van der Waals surface area contributed by atoms with Gasteiger partial charge in [0.25, 0.3) is 0 Å². The number of ether oxygens (including phenoxy) is 1. The molecule has 0 aromatic rings. The van der Waals surface area contributed by atoms with Crippen molar-refractivity contribution < 1.29 is 9.84 Å². The van der Waals surface area contributed by atoms with Gasteiger partial charge in [-0.2, -0.15) is 0 Å². The molecule has 6 N–H and O–H groups in total. The van der Waals surface area contributed by atoms with Crippen molar-refractivity contribution in [2.45, 2.75) is 51.7 Å². The van der Waals surface area contributed by atoms with Crippen molar-refractivity contribution in [2.75, 3.05) is 6.61 Å². The van der Waals surface area contributed by atoms with E-state index in [1.807, 2.05) is 19.1 Å². The number of nitrogens with zero attached hydrogens (tertiary/aromatic N) is 1. The summed E-state index contributed by atoms with van der Waals surface area (Å²) in [5.41, 5.74) is 10.8. The van der Waals surface area contributed by atoms with Crippen molar-refractivity contribution in [1.29, 1.82) is 0 Å². The molecule has 2 heterocycles. The van der Waals surface area contributed by atoms with Crippen molar-refractivity contribution in [3.05, 3.63) is 70.3 Å². The number of aliphatic imine (C=N–C) groups is 1. The first-order chi connectivity index (χ1) is 15.0. The first kappa shape index (κ1) is 19.8. The molecule has 0 amide bonds. The van der Waals surface area contributed by atoms with Gasteiger partial charge in [-0.1, -0.05) is 6.08 Å². The Labute approximate surface area is 183 Å². The Hall–Kier alpha value is -3.09. The molecule has 3 unspecified atom stereocenters. The van der Waals surface area contributed by atoms with E-state index >= 15 is 0 Å². The maximum Gasteiger partial charge on any atom is 0.145 e. The van der Waals surface area contributed by atoms with E-state index in [9.17, 15) is 5.11 Å². The molecule has 0 radical (unpaired) electrons. The lowest BCUT2D eigenvalue weighted by Gasteiger charge is -2.18. The van der Waals surface area contributed by atoms with Crippen LogP contribution in [0.5, 0.6) is 0 Å². The van der Waals surface area contributed by atoms with Gasteiger partial charge in [0.15, 0.2) is 0 Å². The first-order valence-corrected chi connectivity index (χ1v) is 11.2. The number of nitrogens with two attached hydrogens (primary N) is 1. The van der Waals surface area contributed by atoms with Crippen molar-refractivity contribution in [3.8, 4) is 0 Å². The fraction of sp³-hybridized carbons (Fsp3) is 0.458. The molecular formula is C24H31N5O2. The molecule has 0 spiro atoms. The maximum atomic E-state index is 10.9. The van der Waals surface area contributed by atoms with Crippen LogP contribution in [0.4, 0.5) is 0 Å². The van der Waals surface area contributed by atoms with Crippen molar-refractivity contribution in [3.63, 3.8) is 0 Å². The quantitative estimate of drug-likeness (QED) is 0.257. The third-order valence-corrected chi connectivity index (χ3v) is 6.37. The minimum absolute atomic E-state index is 0.0488. The number of aliphatic hydroxyl groups excluding tert-OH is 1. The van der Waals surface area contributed by atoms with E-state index in [0.29, 0.717) is 17.1 Å². The van der Waals surface area contributed by atoms with Crippen LogP contribution in [0.1, 0.15) is 39.5 Å². The van der Waals surface area contributed by atoms with Crippen molar-refractivity contribution >= 4 is 5.84 Å². The van der Waals surface area contributed by atoms with Gasteiger partial charge in [0, 0.05) is 23.6 Å². The highest BCUT2D eigenvalue weighted by Gasteiger charge is 2.29. The van der Waals surface area contributed by atoms with Crippen molar-refractivity contribution in [2.24, 2.45) is 22.6 Å². The van der Waals surface area contributed by atoms with Gasteiger partial charge >= 0.3 is 0 Å². The second kappa shape index (κ2) is 7.87. The molecule has 1 saturated heterocycles. The van der Waals surface area contributed by atoms with Crippen LogP contribution in [0.15, 0.2) is 75.3 Å². The number of nitrogens with one attached hydrogen (secondary N) is 3. The predicted molar refractivity (Wildman–Crippen MR) is 121 cm³/mol. The van der Waals surface area contributed by atoms with E-state index < -0.39 is 0 Å². The van der Waals surface area contributed by atoms with Gasteiger partial charge in [0.1, 0.15) is 11.6 Å². The van der Waals surface area contributed by atoms with Crippen molar-refractivity contribution in [1.82, 2.24) is 16.0 Å². The fourth-order valence-electron chi connectivity index (χ4n) is 4.29. The summed E-state index contributed by atoms with van der Waals surface area (Å²) in [5, 5.41) is 20.9. The second-order valence-corrected chi connectivity index (χ2v) is 9.02. The summed E-state index contributed by atoms with van der Waals surface area (Å²) in [6.07, 6.45) is 14.7. The monoisotopic (exact) mass is 421 g/mol. The molecule has 7 nitrogen and oxygen atoms in total. The lowest BCUT2D eigenvalue weighted by molar-refractivity contribution is 0.185. The molecule has 7 heteroatoms. The highest BCUT2D eigenvalue weighted by atomic mass is 16.5. The van der Waals surface area contributed by atoms with Crippen LogP contribution in [0.2, 0.25) is 0 Å². The van der Waals surface area contributed by atoms with E-state index in [0.717, 1.165) is 48.2 Å². The van der Waals surface area contributed by atoms with Gasteiger partial charge < -0.3 is 31.5 Å². The molecule has 2 aliphatic heterocycles. The summed E-state index contributed by atoms with van der Waals surface area (Å²) in [6, 6.07) is -0.0488. The van der Waals surface area contributed by atoms with Crippen LogP contribution >= 0.6 is 0 Å². The van der Waals surface area contributed by atoms with Crippen LogP contribution in [-0.2, 0) is 4.74 Å². The van der Waals surface area contributed by atoms with Gasteiger partial charge in [-0.15, -0.1) is 0 Å². The molecular weight excluding hydrogens is 390 g/mol. The molecule has 1 saturated carbocycles. The SMILES string of the molecule is CC(C(N)=NC1C=C2NC(C)NC2=CC1)=C(O)C1=CC2CC(OCC3CC3)=CC=C2N1. The van der Waals surface area contributed by atoms with E-state index in [1.165, 1.54) is 12.8 Å². The average molecular weight is 422 g/mol. The number of amidine groups is 1. The summed E-state index contributed by atoms with van der Waals surface area (Å²) in [5.74, 6) is 2.45. The normalized spacial score (nSPS) is 30.2. The average Bonchev–Trinajstić information content (AvgIpc) is 3.37. The fourth-order valence-corrected chi connectivity index (χ4v) is 4.29. The van der Waals surface area contributed by atoms with Gasteiger partial charge in [-0.05, 0) is 63.3 Å². The maximum absolute atomic E-state index is 10.9. The van der Waals surface area contributed by atoms with Crippen LogP contribution in [0, 0.1) is 11.8 Å². The topological polar surface area (TPSA) is 104 Å². The van der Waals surface area contributed by atoms with Gasteiger partial charge in [-0.3, -0.25) is 4.99 Å². The van der Waals surface area contributed by atoms with E-state index in [4.69, 9.17) is 10.5 Å². The molecule has 3 aliphatic carbocycles. The number of rotatable bonds is 6. The van der Waals surface area contributed by atoms with Crippen LogP contribution in [0.25, 0.3) is 0 Å². The third-order valence-electron chi connectivity index (χ3n) is 6.37. The highest BCUT2D eigenvalue weighted by Crippen LogP contribution is 2.35. The van der Waals surface area contributed by atoms with Gasteiger partial charge in [0.2, 0.25) is 0 Å². The van der Waals surface area contributed by atoms with E-state index in [-0.39, 0.29) is 23.9 Å². The lowest BCUT2D eigenvalue weighted by atomic mass is 9.97. The number of hydrogen-bond donors (Lipinski definition) is 5. The Balaban J connectivity index is 1.26. The minimum Gasteiger partial charge on any atom is -0.505 e. The van der Waals surface area contributed by atoms with E-state index in [2.05, 4.69) is 46.1 Å². The Morgan fingerprint density at radius 1 is 1.23 bits per heavy atom.